The maximum absolute atomic E-state index is 5.48. The van der Waals surface area contributed by atoms with E-state index in [-0.39, 0.29) is 0 Å². The molecule has 0 unspecified atom stereocenters. The van der Waals surface area contributed by atoms with E-state index in [2.05, 4.69) is 111 Å². The topological polar surface area (TPSA) is 61.4 Å². The first-order chi connectivity index (χ1) is 21.9. The fourth-order valence-electron chi connectivity index (χ4n) is 6.45. The van der Waals surface area contributed by atoms with E-state index in [0.717, 1.165) is 71.9 Å². The molecule has 6 nitrogen and oxygen atoms in total. The van der Waals surface area contributed by atoms with E-state index in [0.29, 0.717) is 5.95 Å². The molecular formula is C38H24N6. The van der Waals surface area contributed by atoms with Gasteiger partial charge in [-0.1, -0.05) is 78.9 Å². The van der Waals surface area contributed by atoms with Gasteiger partial charge in [0.25, 0.3) is 0 Å². The number of hydrogen-bond donors (Lipinski definition) is 0. The molecule has 0 saturated heterocycles. The molecule has 0 radical (unpaired) electrons. The van der Waals surface area contributed by atoms with Crippen molar-refractivity contribution in [3.8, 4) is 34.3 Å². The van der Waals surface area contributed by atoms with Gasteiger partial charge in [-0.3, -0.25) is 19.1 Å². The predicted molar refractivity (Wildman–Crippen MR) is 177 cm³/mol. The van der Waals surface area contributed by atoms with Crippen molar-refractivity contribution in [2.45, 2.75) is 0 Å². The molecular weight excluding hydrogens is 540 g/mol. The van der Waals surface area contributed by atoms with Gasteiger partial charge in [-0.05, 0) is 48.5 Å². The number of benzene rings is 4. The zero-order valence-corrected chi connectivity index (χ0v) is 23.5. The summed E-state index contributed by atoms with van der Waals surface area (Å²) < 4.78 is 4.43. The van der Waals surface area contributed by atoms with Crippen LogP contribution in [0.5, 0.6) is 0 Å². The molecule has 5 aromatic heterocycles. The van der Waals surface area contributed by atoms with Crippen LogP contribution in [-0.4, -0.2) is 29.1 Å². The van der Waals surface area contributed by atoms with Gasteiger partial charge in [-0.25, -0.2) is 4.98 Å². The lowest BCUT2D eigenvalue weighted by Crippen LogP contribution is -2.10. The Morgan fingerprint density at radius 1 is 0.455 bits per heavy atom. The van der Waals surface area contributed by atoms with Crippen LogP contribution in [0.4, 0.5) is 0 Å². The van der Waals surface area contributed by atoms with Crippen LogP contribution in [0.3, 0.4) is 0 Å². The van der Waals surface area contributed by atoms with Gasteiger partial charge < -0.3 is 0 Å². The van der Waals surface area contributed by atoms with Gasteiger partial charge in [-0.15, -0.1) is 0 Å². The first-order valence-electron chi connectivity index (χ1n) is 14.6. The van der Waals surface area contributed by atoms with E-state index < -0.39 is 0 Å². The first-order valence-corrected chi connectivity index (χ1v) is 14.6. The van der Waals surface area contributed by atoms with Crippen molar-refractivity contribution >= 4 is 43.6 Å². The zero-order chi connectivity index (χ0) is 29.0. The van der Waals surface area contributed by atoms with Gasteiger partial charge in [-0.2, -0.15) is 4.98 Å². The molecule has 0 fully saturated rings. The molecule has 5 heterocycles. The van der Waals surface area contributed by atoms with Crippen LogP contribution in [0.15, 0.2) is 146 Å². The third-order valence-corrected chi connectivity index (χ3v) is 8.31. The van der Waals surface area contributed by atoms with E-state index >= 15 is 0 Å². The summed E-state index contributed by atoms with van der Waals surface area (Å²) >= 11 is 0. The lowest BCUT2D eigenvalue weighted by Gasteiger charge is -2.18. The van der Waals surface area contributed by atoms with Crippen LogP contribution in [0.1, 0.15) is 0 Å². The second-order valence-electron chi connectivity index (χ2n) is 10.8. The van der Waals surface area contributed by atoms with Crippen LogP contribution in [0.2, 0.25) is 0 Å². The fraction of sp³-hybridized carbons (Fsp3) is 0. The molecule has 0 aliphatic rings. The van der Waals surface area contributed by atoms with E-state index in [4.69, 9.17) is 15.0 Å². The smallest absolute Gasteiger partial charge is 0.237 e. The second-order valence-corrected chi connectivity index (χ2v) is 10.8. The van der Waals surface area contributed by atoms with Crippen LogP contribution in [0.25, 0.3) is 77.9 Å². The molecule has 0 N–H and O–H groups in total. The highest BCUT2D eigenvalue weighted by Crippen LogP contribution is 2.40. The Morgan fingerprint density at radius 3 is 1.52 bits per heavy atom. The summed E-state index contributed by atoms with van der Waals surface area (Å²) in [4.78, 5) is 20.1. The Morgan fingerprint density at radius 2 is 1.00 bits per heavy atom. The van der Waals surface area contributed by atoms with Crippen molar-refractivity contribution in [3.05, 3.63) is 146 Å². The van der Waals surface area contributed by atoms with E-state index in [1.165, 1.54) is 0 Å². The molecule has 0 aliphatic heterocycles. The second kappa shape index (κ2) is 9.71. The fourth-order valence-corrected chi connectivity index (χ4v) is 6.45. The van der Waals surface area contributed by atoms with Gasteiger partial charge in [0.1, 0.15) is 0 Å². The molecule has 0 amide bonds. The third kappa shape index (κ3) is 3.61. The van der Waals surface area contributed by atoms with E-state index in [1.807, 2.05) is 42.7 Å². The molecule has 0 bridgehead atoms. The van der Waals surface area contributed by atoms with Crippen molar-refractivity contribution in [1.82, 2.24) is 29.1 Å². The van der Waals surface area contributed by atoms with Gasteiger partial charge >= 0.3 is 0 Å². The van der Waals surface area contributed by atoms with Gasteiger partial charge in [0.2, 0.25) is 5.95 Å². The predicted octanol–water partition coefficient (Wildman–Crippen LogP) is 8.79. The average molecular weight is 565 g/mol. The van der Waals surface area contributed by atoms with Crippen molar-refractivity contribution in [1.29, 1.82) is 0 Å². The van der Waals surface area contributed by atoms with Crippen molar-refractivity contribution < 1.29 is 0 Å². The van der Waals surface area contributed by atoms with E-state index in [1.54, 1.807) is 6.20 Å². The number of para-hydroxylation sites is 4. The molecule has 0 saturated carbocycles. The molecule has 44 heavy (non-hydrogen) atoms. The summed E-state index contributed by atoms with van der Waals surface area (Å²) in [6, 6.07) is 43.8. The summed E-state index contributed by atoms with van der Waals surface area (Å²) in [7, 11) is 0. The van der Waals surface area contributed by atoms with Crippen molar-refractivity contribution in [2.24, 2.45) is 0 Å². The maximum Gasteiger partial charge on any atom is 0.237 e. The number of nitrogens with zero attached hydrogens (tertiary/aromatic N) is 6. The van der Waals surface area contributed by atoms with Crippen LogP contribution >= 0.6 is 0 Å². The summed E-state index contributed by atoms with van der Waals surface area (Å²) in [6.45, 7) is 0. The number of pyridine rings is 2. The number of rotatable bonds is 4. The number of aromatic nitrogens is 6. The molecule has 0 atom stereocenters. The SMILES string of the molecule is c1ccc(-c2c(-c3cccnc3)nc(-n3c4ccccc4c4ccccc43)nc2-n2c3ccccc3c3ccccc32)nc1. The average Bonchev–Trinajstić information content (AvgIpc) is 3.62. The highest BCUT2D eigenvalue weighted by Gasteiger charge is 2.25. The van der Waals surface area contributed by atoms with E-state index in [9.17, 15) is 0 Å². The molecule has 0 aliphatic carbocycles. The summed E-state index contributed by atoms with van der Waals surface area (Å²) in [5.41, 5.74) is 7.51. The third-order valence-electron chi connectivity index (χ3n) is 8.31. The summed E-state index contributed by atoms with van der Waals surface area (Å²) in [6.07, 6.45) is 5.46. The standard InChI is InChI=1S/C38H24N6/c1-5-18-31-26(13-1)27-14-2-6-19-32(27)43(31)37-35(30-17-9-10-23-40-30)36(25-12-11-22-39-24-25)41-38(42-37)44-33-20-7-3-15-28(33)29-16-4-8-21-34(29)44/h1-24H. The lowest BCUT2D eigenvalue weighted by molar-refractivity contribution is 0.952. The normalized spacial score (nSPS) is 11.6. The van der Waals surface area contributed by atoms with Gasteiger partial charge in [0.05, 0.1) is 39.0 Å². The minimum Gasteiger partial charge on any atom is -0.293 e. The number of fused-ring (bicyclic) bond motifs is 6. The Balaban J connectivity index is 1.50. The van der Waals surface area contributed by atoms with Crippen LogP contribution in [0, 0.1) is 0 Å². The van der Waals surface area contributed by atoms with Gasteiger partial charge in [0, 0.05) is 45.7 Å². The van der Waals surface area contributed by atoms with Gasteiger partial charge in [0.15, 0.2) is 5.82 Å². The summed E-state index contributed by atoms with van der Waals surface area (Å²) in [5, 5.41) is 4.63. The Hall–Kier alpha value is -6.14. The zero-order valence-electron chi connectivity index (χ0n) is 23.5. The Labute approximate surface area is 252 Å². The van der Waals surface area contributed by atoms with Crippen LogP contribution < -0.4 is 0 Å². The highest BCUT2D eigenvalue weighted by molar-refractivity contribution is 6.10. The minimum absolute atomic E-state index is 0.581. The monoisotopic (exact) mass is 564 g/mol. The van der Waals surface area contributed by atoms with Crippen LogP contribution in [-0.2, 0) is 0 Å². The first kappa shape index (κ1) is 24.5. The highest BCUT2D eigenvalue weighted by atomic mass is 15.2. The molecule has 4 aromatic carbocycles. The molecule has 6 heteroatoms. The Bertz CT molecular complexity index is 2390. The largest absolute Gasteiger partial charge is 0.293 e. The molecule has 9 aromatic rings. The Kier molecular flexibility index (Phi) is 5.40. The molecule has 0 spiro atoms. The summed E-state index contributed by atoms with van der Waals surface area (Å²) in [5.74, 6) is 1.34. The van der Waals surface area contributed by atoms with Crippen molar-refractivity contribution in [2.75, 3.05) is 0 Å². The van der Waals surface area contributed by atoms with Crippen molar-refractivity contribution in [3.63, 3.8) is 0 Å². The lowest BCUT2D eigenvalue weighted by atomic mass is 10.0. The molecule has 9 rings (SSSR count). The maximum atomic E-state index is 5.48. The molecule has 206 valence electrons. The quantitative estimate of drug-likeness (QED) is 0.214. The minimum atomic E-state index is 0.581. The number of hydrogen-bond acceptors (Lipinski definition) is 4.